The molecule has 0 aliphatic carbocycles. The number of hydrogen-bond acceptors (Lipinski definition) is 2. The van der Waals surface area contributed by atoms with Gasteiger partial charge in [-0.15, -0.1) is 0 Å². The Balaban J connectivity index is 1.69. The van der Waals surface area contributed by atoms with Crippen LogP contribution < -0.4 is 5.32 Å². The predicted molar refractivity (Wildman–Crippen MR) is 105 cm³/mol. The van der Waals surface area contributed by atoms with Crippen LogP contribution in [0.5, 0.6) is 0 Å². The van der Waals surface area contributed by atoms with E-state index in [0.29, 0.717) is 23.0 Å². The van der Waals surface area contributed by atoms with E-state index in [1.807, 2.05) is 38.1 Å². The molecule has 0 fully saturated rings. The fourth-order valence-electron chi connectivity index (χ4n) is 3.23. The highest BCUT2D eigenvalue weighted by Gasteiger charge is 2.22. The highest BCUT2D eigenvalue weighted by Crippen LogP contribution is 2.30. The number of fused-ring (bicyclic) bond motifs is 1. The van der Waals surface area contributed by atoms with Crippen LogP contribution in [0, 0.1) is 31.3 Å². The second-order valence-electron chi connectivity index (χ2n) is 6.82. The molecular formula is C22H16F3N3O. The first kappa shape index (κ1) is 18.7. The van der Waals surface area contributed by atoms with E-state index in [2.05, 4.69) is 21.6 Å². The molecule has 0 radical (unpaired) electrons. The maximum atomic E-state index is 13.9. The Labute approximate surface area is 164 Å². The molecule has 0 saturated carbocycles. The van der Waals surface area contributed by atoms with Crippen LogP contribution >= 0.6 is 0 Å². The van der Waals surface area contributed by atoms with Gasteiger partial charge in [0.05, 0.1) is 5.52 Å². The molecule has 3 aromatic carbocycles. The maximum Gasteiger partial charge on any atom is 0.262 e. The molecule has 4 aromatic rings. The summed E-state index contributed by atoms with van der Waals surface area (Å²) < 4.78 is 41.1. The van der Waals surface area contributed by atoms with Crippen molar-refractivity contribution in [2.45, 2.75) is 13.8 Å². The van der Waals surface area contributed by atoms with E-state index in [0.717, 1.165) is 22.3 Å². The van der Waals surface area contributed by atoms with Gasteiger partial charge in [0.15, 0.2) is 17.5 Å². The van der Waals surface area contributed by atoms with Gasteiger partial charge in [0.2, 0.25) is 0 Å². The molecule has 0 aliphatic heterocycles. The van der Waals surface area contributed by atoms with Gasteiger partial charge in [0.25, 0.3) is 5.91 Å². The van der Waals surface area contributed by atoms with Crippen molar-refractivity contribution in [3.05, 3.63) is 82.7 Å². The van der Waals surface area contributed by atoms with E-state index in [1.54, 1.807) is 6.07 Å². The molecule has 0 bridgehead atoms. The second kappa shape index (κ2) is 7.09. The Bertz CT molecular complexity index is 1260. The van der Waals surface area contributed by atoms with E-state index >= 15 is 0 Å². The molecule has 1 amide bonds. The third kappa shape index (κ3) is 3.35. The summed E-state index contributed by atoms with van der Waals surface area (Å²) in [7, 11) is 0. The molecule has 0 unspecified atom stereocenters. The summed E-state index contributed by atoms with van der Waals surface area (Å²) in [6.07, 6.45) is 0. The molecule has 146 valence electrons. The van der Waals surface area contributed by atoms with Crippen molar-refractivity contribution in [2.24, 2.45) is 0 Å². The van der Waals surface area contributed by atoms with Gasteiger partial charge in [-0.05, 0) is 54.8 Å². The van der Waals surface area contributed by atoms with Crippen LogP contribution in [0.1, 0.15) is 21.5 Å². The first-order valence-electron chi connectivity index (χ1n) is 8.86. The second-order valence-corrected chi connectivity index (χ2v) is 6.82. The predicted octanol–water partition coefficient (Wildman–Crippen LogP) is 5.52. The third-order valence-corrected chi connectivity index (χ3v) is 4.77. The number of aromatic nitrogens is 2. The number of rotatable bonds is 3. The molecule has 0 atom stereocenters. The fourth-order valence-corrected chi connectivity index (χ4v) is 3.23. The number of halogens is 3. The van der Waals surface area contributed by atoms with Crippen molar-refractivity contribution in [1.29, 1.82) is 0 Å². The van der Waals surface area contributed by atoms with Gasteiger partial charge in [-0.2, -0.15) is 5.10 Å². The molecule has 4 nitrogen and oxygen atoms in total. The van der Waals surface area contributed by atoms with Crippen molar-refractivity contribution in [1.82, 2.24) is 10.2 Å². The van der Waals surface area contributed by atoms with Gasteiger partial charge in [-0.3, -0.25) is 9.89 Å². The van der Waals surface area contributed by atoms with Crippen molar-refractivity contribution < 1.29 is 18.0 Å². The number of aromatic amines is 1. The van der Waals surface area contributed by atoms with Gasteiger partial charge in [0.1, 0.15) is 11.4 Å². The number of carbonyl (C=O) groups excluding carboxylic acids is 1. The highest BCUT2D eigenvalue weighted by atomic mass is 19.2. The number of nitrogens with zero attached hydrogens (tertiary/aromatic N) is 1. The standard InChI is InChI=1S/C22H16F3N3O/c1-11-3-4-12(2)15(9-11)13-5-6-14-18(10-13)27-28-21(14)26-22(29)19-16(23)7-8-17(24)20(19)25/h3-10H,1-2H3,(H2,26,27,28,29). The van der Waals surface area contributed by atoms with E-state index in [-0.39, 0.29) is 5.82 Å². The van der Waals surface area contributed by atoms with Gasteiger partial charge in [-0.25, -0.2) is 13.2 Å². The van der Waals surface area contributed by atoms with E-state index in [4.69, 9.17) is 0 Å². The molecule has 1 aromatic heterocycles. The Morgan fingerprint density at radius 2 is 1.72 bits per heavy atom. The molecule has 29 heavy (non-hydrogen) atoms. The Morgan fingerprint density at radius 1 is 0.966 bits per heavy atom. The Hall–Kier alpha value is -3.61. The third-order valence-electron chi connectivity index (χ3n) is 4.77. The van der Waals surface area contributed by atoms with Crippen LogP contribution in [0.2, 0.25) is 0 Å². The average molecular weight is 395 g/mol. The van der Waals surface area contributed by atoms with Gasteiger partial charge >= 0.3 is 0 Å². The SMILES string of the molecule is Cc1ccc(C)c(-c2ccc3c(NC(=O)c4c(F)ccc(F)c4F)n[nH]c3c2)c1. The van der Waals surface area contributed by atoms with E-state index in [9.17, 15) is 18.0 Å². The average Bonchev–Trinajstić information content (AvgIpc) is 3.09. The monoisotopic (exact) mass is 395 g/mol. The minimum atomic E-state index is -1.54. The van der Waals surface area contributed by atoms with Crippen LogP contribution in [-0.2, 0) is 0 Å². The van der Waals surface area contributed by atoms with E-state index in [1.165, 1.54) is 0 Å². The number of amides is 1. The largest absolute Gasteiger partial charge is 0.304 e. The lowest BCUT2D eigenvalue weighted by Gasteiger charge is -2.08. The lowest BCUT2D eigenvalue weighted by molar-refractivity contribution is 0.101. The number of nitrogens with one attached hydrogen (secondary N) is 2. The van der Waals surface area contributed by atoms with Crippen molar-refractivity contribution >= 4 is 22.6 Å². The summed E-state index contributed by atoms with van der Waals surface area (Å²) >= 11 is 0. The zero-order valence-corrected chi connectivity index (χ0v) is 15.6. The summed E-state index contributed by atoms with van der Waals surface area (Å²) in [5.74, 6) is -5.02. The summed E-state index contributed by atoms with van der Waals surface area (Å²) in [6.45, 7) is 4.02. The summed E-state index contributed by atoms with van der Waals surface area (Å²) in [5.41, 5.74) is 3.91. The molecule has 2 N–H and O–H groups in total. The van der Waals surface area contributed by atoms with Crippen LogP contribution in [0.25, 0.3) is 22.0 Å². The molecule has 1 heterocycles. The number of carbonyl (C=O) groups is 1. The summed E-state index contributed by atoms with van der Waals surface area (Å²) in [6, 6.07) is 13.0. The molecule has 4 rings (SSSR count). The smallest absolute Gasteiger partial charge is 0.262 e. The number of aryl methyl sites for hydroxylation is 2. The lowest BCUT2D eigenvalue weighted by atomic mass is 9.98. The Kier molecular flexibility index (Phi) is 4.58. The van der Waals surface area contributed by atoms with Crippen LogP contribution in [0.15, 0.2) is 48.5 Å². The van der Waals surface area contributed by atoms with Crippen LogP contribution in [-0.4, -0.2) is 16.1 Å². The van der Waals surface area contributed by atoms with Gasteiger partial charge in [-0.1, -0.05) is 29.8 Å². The first-order chi connectivity index (χ1) is 13.8. The van der Waals surface area contributed by atoms with Crippen molar-refractivity contribution in [3.63, 3.8) is 0 Å². The minimum absolute atomic E-state index is 0.0978. The molecular weight excluding hydrogens is 379 g/mol. The molecule has 0 aliphatic rings. The van der Waals surface area contributed by atoms with Crippen molar-refractivity contribution in [2.75, 3.05) is 5.32 Å². The molecule has 7 heteroatoms. The number of benzene rings is 3. The van der Waals surface area contributed by atoms with E-state index < -0.39 is 28.9 Å². The van der Waals surface area contributed by atoms with Crippen LogP contribution in [0.3, 0.4) is 0 Å². The lowest BCUT2D eigenvalue weighted by Crippen LogP contribution is -2.17. The van der Waals surface area contributed by atoms with Crippen molar-refractivity contribution in [3.8, 4) is 11.1 Å². The quantitative estimate of drug-likeness (QED) is 0.449. The van der Waals surface area contributed by atoms with Crippen LogP contribution in [0.4, 0.5) is 19.0 Å². The Morgan fingerprint density at radius 3 is 2.52 bits per heavy atom. The number of H-pyrrole nitrogens is 1. The molecule has 0 saturated heterocycles. The molecule has 0 spiro atoms. The number of anilines is 1. The highest BCUT2D eigenvalue weighted by molar-refractivity contribution is 6.08. The fraction of sp³-hybridized carbons (Fsp3) is 0.0909. The maximum absolute atomic E-state index is 13.9. The zero-order valence-electron chi connectivity index (χ0n) is 15.6. The topological polar surface area (TPSA) is 57.8 Å². The van der Waals surface area contributed by atoms with Gasteiger partial charge < -0.3 is 5.32 Å². The van der Waals surface area contributed by atoms with Gasteiger partial charge in [0, 0.05) is 5.39 Å². The first-order valence-corrected chi connectivity index (χ1v) is 8.86. The summed E-state index contributed by atoms with van der Waals surface area (Å²) in [5, 5.41) is 9.73. The number of hydrogen-bond donors (Lipinski definition) is 2. The normalized spacial score (nSPS) is 11.1. The summed E-state index contributed by atoms with van der Waals surface area (Å²) in [4.78, 5) is 12.3. The minimum Gasteiger partial charge on any atom is -0.304 e. The zero-order chi connectivity index (χ0) is 20.7.